The molecule has 19 heavy (non-hydrogen) atoms. The molecule has 2 nitrogen and oxygen atoms in total. The molecule has 0 bridgehead atoms. The van der Waals surface area contributed by atoms with Crippen LogP contribution in [0.3, 0.4) is 0 Å². The van der Waals surface area contributed by atoms with Crippen molar-refractivity contribution in [1.29, 1.82) is 0 Å². The van der Waals surface area contributed by atoms with E-state index in [1.165, 1.54) is 0 Å². The second kappa shape index (κ2) is 5.32. The van der Waals surface area contributed by atoms with Crippen molar-refractivity contribution >= 4 is 10.8 Å². The molecule has 0 heterocycles. The second-order valence-electron chi connectivity index (χ2n) is 6.29. The van der Waals surface area contributed by atoms with Gasteiger partial charge >= 0.3 is 0 Å². The van der Waals surface area contributed by atoms with Crippen LogP contribution in [0.15, 0.2) is 42.5 Å². The third-order valence-corrected chi connectivity index (χ3v) is 3.77. The van der Waals surface area contributed by atoms with Gasteiger partial charge in [-0.1, -0.05) is 63.2 Å². The Hall–Kier alpha value is -1.38. The predicted molar refractivity (Wildman–Crippen MR) is 81.0 cm³/mol. The van der Waals surface area contributed by atoms with Gasteiger partial charge < -0.3 is 10.8 Å². The topological polar surface area (TPSA) is 46.2 Å². The van der Waals surface area contributed by atoms with Crippen molar-refractivity contribution in [2.24, 2.45) is 11.1 Å². The molecule has 2 atom stereocenters. The lowest BCUT2D eigenvalue weighted by atomic mass is 9.82. The van der Waals surface area contributed by atoms with Gasteiger partial charge in [0.25, 0.3) is 0 Å². The number of nitrogens with two attached hydrogens (primary N) is 1. The van der Waals surface area contributed by atoms with Crippen LogP contribution >= 0.6 is 0 Å². The molecule has 102 valence electrons. The molecule has 0 amide bonds. The van der Waals surface area contributed by atoms with Gasteiger partial charge in [-0.3, -0.25) is 0 Å². The Morgan fingerprint density at radius 2 is 1.68 bits per heavy atom. The first-order valence-corrected chi connectivity index (χ1v) is 6.81. The highest BCUT2D eigenvalue weighted by Gasteiger charge is 2.24. The van der Waals surface area contributed by atoms with E-state index in [9.17, 15) is 5.11 Å². The van der Waals surface area contributed by atoms with Gasteiger partial charge in [-0.2, -0.15) is 0 Å². The van der Waals surface area contributed by atoms with E-state index in [-0.39, 0.29) is 11.5 Å². The molecule has 0 aliphatic carbocycles. The Kier molecular flexibility index (Phi) is 3.93. The van der Waals surface area contributed by atoms with E-state index in [1.807, 2.05) is 24.3 Å². The zero-order chi connectivity index (χ0) is 14.0. The molecular formula is C17H23NO. The molecule has 0 radical (unpaired) electrons. The second-order valence-corrected chi connectivity index (χ2v) is 6.29. The molecule has 2 heteroatoms. The average molecular weight is 257 g/mol. The van der Waals surface area contributed by atoms with Crippen molar-refractivity contribution in [1.82, 2.24) is 0 Å². The minimum absolute atomic E-state index is 0.00552. The van der Waals surface area contributed by atoms with Gasteiger partial charge in [0.1, 0.15) is 0 Å². The van der Waals surface area contributed by atoms with Crippen LogP contribution in [0.4, 0.5) is 0 Å². The summed E-state index contributed by atoms with van der Waals surface area (Å²) in [6.07, 6.45) is 0.0673. The van der Waals surface area contributed by atoms with Crippen LogP contribution in [0.1, 0.15) is 38.9 Å². The third-order valence-electron chi connectivity index (χ3n) is 3.77. The lowest BCUT2D eigenvalue weighted by Crippen LogP contribution is -2.36. The fourth-order valence-corrected chi connectivity index (χ4v) is 2.26. The van der Waals surface area contributed by atoms with Gasteiger partial charge in [0, 0.05) is 6.04 Å². The molecule has 0 aliphatic rings. The van der Waals surface area contributed by atoms with E-state index in [1.54, 1.807) is 0 Å². The normalized spacial score (nSPS) is 15.4. The number of benzene rings is 2. The highest BCUT2D eigenvalue weighted by atomic mass is 16.3. The van der Waals surface area contributed by atoms with Crippen LogP contribution in [0, 0.1) is 5.41 Å². The van der Waals surface area contributed by atoms with E-state index in [4.69, 9.17) is 5.73 Å². The summed E-state index contributed by atoms with van der Waals surface area (Å²) in [5.74, 6) is 0. The summed E-state index contributed by atoms with van der Waals surface area (Å²) in [6.45, 7) is 6.31. The largest absolute Gasteiger partial charge is 0.388 e. The van der Waals surface area contributed by atoms with Crippen LogP contribution in [-0.2, 0) is 0 Å². The Morgan fingerprint density at radius 1 is 1.05 bits per heavy atom. The zero-order valence-corrected chi connectivity index (χ0v) is 11.9. The first-order chi connectivity index (χ1) is 8.89. The quantitative estimate of drug-likeness (QED) is 0.882. The van der Waals surface area contributed by atoms with Crippen molar-refractivity contribution in [2.75, 3.05) is 0 Å². The molecule has 0 fully saturated rings. The molecular weight excluding hydrogens is 234 g/mol. The monoisotopic (exact) mass is 257 g/mol. The fraction of sp³-hybridized carbons (Fsp3) is 0.412. The van der Waals surface area contributed by atoms with Gasteiger partial charge in [-0.05, 0) is 28.2 Å². The van der Waals surface area contributed by atoms with Gasteiger partial charge in [0.2, 0.25) is 0 Å². The Labute approximate surface area is 115 Å². The van der Waals surface area contributed by atoms with Crippen LogP contribution < -0.4 is 5.73 Å². The summed E-state index contributed by atoms with van der Waals surface area (Å²) in [7, 11) is 0. The Morgan fingerprint density at radius 3 is 2.37 bits per heavy atom. The lowest BCUT2D eigenvalue weighted by molar-refractivity contribution is 0.134. The third kappa shape index (κ3) is 3.14. The minimum atomic E-state index is -0.514. The maximum Gasteiger partial charge on any atom is 0.0811 e. The fourth-order valence-electron chi connectivity index (χ4n) is 2.26. The Bertz CT molecular complexity index is 551. The highest BCUT2D eigenvalue weighted by molar-refractivity contribution is 5.85. The standard InChI is InChI=1S/C17H23NO/c1-17(2,3)16(18)11-15(19)14-10-6-8-12-7-4-5-9-13(12)14/h4-10,15-16,19H,11,18H2,1-3H3/t15-,16+/m1/s1. The van der Waals surface area contributed by atoms with Gasteiger partial charge in [-0.15, -0.1) is 0 Å². The minimum Gasteiger partial charge on any atom is -0.388 e. The zero-order valence-electron chi connectivity index (χ0n) is 11.9. The van der Waals surface area contributed by atoms with Crippen LogP contribution in [0.5, 0.6) is 0 Å². The van der Waals surface area contributed by atoms with Crippen molar-refractivity contribution < 1.29 is 5.11 Å². The Balaban J connectivity index is 2.29. The summed E-state index contributed by atoms with van der Waals surface area (Å²) in [4.78, 5) is 0. The van der Waals surface area contributed by atoms with Gasteiger partial charge in [0.05, 0.1) is 6.10 Å². The van der Waals surface area contributed by atoms with Gasteiger partial charge in [0.15, 0.2) is 0 Å². The van der Waals surface area contributed by atoms with E-state index < -0.39 is 6.10 Å². The van der Waals surface area contributed by atoms with Crippen LogP contribution in [0.25, 0.3) is 10.8 Å². The molecule has 0 saturated heterocycles. The van der Waals surface area contributed by atoms with Crippen LogP contribution in [-0.4, -0.2) is 11.1 Å². The summed E-state index contributed by atoms with van der Waals surface area (Å²) in [5, 5.41) is 12.7. The van der Waals surface area contributed by atoms with E-state index in [0.717, 1.165) is 16.3 Å². The summed E-state index contributed by atoms with van der Waals surface area (Å²) in [6, 6.07) is 14.1. The molecule has 0 aromatic heterocycles. The molecule has 0 spiro atoms. The van der Waals surface area contributed by atoms with Crippen molar-refractivity contribution in [3.05, 3.63) is 48.0 Å². The first-order valence-electron chi connectivity index (χ1n) is 6.81. The van der Waals surface area contributed by atoms with E-state index in [0.29, 0.717) is 6.42 Å². The molecule has 0 aliphatic heterocycles. The summed E-state index contributed by atoms with van der Waals surface area (Å²) in [5.41, 5.74) is 7.15. The predicted octanol–water partition coefficient (Wildman–Crippen LogP) is 3.64. The van der Waals surface area contributed by atoms with E-state index >= 15 is 0 Å². The van der Waals surface area contributed by atoms with Crippen molar-refractivity contribution in [3.63, 3.8) is 0 Å². The molecule has 0 unspecified atom stereocenters. The molecule has 2 aromatic carbocycles. The summed E-state index contributed by atoms with van der Waals surface area (Å²) >= 11 is 0. The lowest BCUT2D eigenvalue weighted by Gasteiger charge is -2.29. The van der Waals surface area contributed by atoms with Crippen LogP contribution in [0.2, 0.25) is 0 Å². The summed E-state index contributed by atoms with van der Waals surface area (Å²) < 4.78 is 0. The number of aliphatic hydroxyl groups excluding tert-OH is 1. The molecule has 3 N–H and O–H groups in total. The first kappa shape index (κ1) is 14.0. The SMILES string of the molecule is CC(C)(C)[C@@H](N)C[C@@H](O)c1cccc2ccccc12. The van der Waals surface area contributed by atoms with Gasteiger partial charge in [-0.25, -0.2) is 0 Å². The highest BCUT2D eigenvalue weighted by Crippen LogP contribution is 2.30. The molecule has 0 saturated carbocycles. The number of aliphatic hydroxyl groups is 1. The number of hydrogen-bond acceptors (Lipinski definition) is 2. The molecule has 2 aromatic rings. The smallest absolute Gasteiger partial charge is 0.0811 e. The number of rotatable bonds is 3. The number of hydrogen-bond donors (Lipinski definition) is 2. The maximum absolute atomic E-state index is 10.5. The average Bonchev–Trinajstić information content (AvgIpc) is 2.36. The van der Waals surface area contributed by atoms with E-state index in [2.05, 4.69) is 39.0 Å². The molecule has 2 rings (SSSR count). The number of fused-ring (bicyclic) bond motifs is 1. The maximum atomic E-state index is 10.5. The van der Waals surface area contributed by atoms with Crippen molar-refractivity contribution in [3.8, 4) is 0 Å². The van der Waals surface area contributed by atoms with Crippen molar-refractivity contribution in [2.45, 2.75) is 39.3 Å².